The summed E-state index contributed by atoms with van der Waals surface area (Å²) in [5, 5.41) is 3.08. The van der Waals surface area contributed by atoms with E-state index in [-0.39, 0.29) is 0 Å². The Balaban J connectivity index is 2.85. The summed E-state index contributed by atoms with van der Waals surface area (Å²) in [4.78, 5) is 4.12. The molecule has 1 heterocycles. The van der Waals surface area contributed by atoms with Crippen LogP contribution in [0, 0.1) is 0 Å². The minimum absolute atomic E-state index is 0.492. The first-order chi connectivity index (χ1) is 4.20. The molecule has 1 aromatic heterocycles. The molecule has 0 saturated carbocycles. The summed E-state index contributed by atoms with van der Waals surface area (Å²) in [5.41, 5.74) is 0. The molecule has 0 saturated heterocycles. The lowest BCUT2D eigenvalue weighted by Crippen LogP contribution is -2.28. The Bertz CT molecular complexity index is 190. The van der Waals surface area contributed by atoms with Gasteiger partial charge in [0.2, 0.25) is 0 Å². The summed E-state index contributed by atoms with van der Waals surface area (Å²) in [5.74, 6) is 1.53. The van der Waals surface area contributed by atoms with Gasteiger partial charge in [-0.15, -0.1) is 0 Å². The van der Waals surface area contributed by atoms with Crippen LogP contribution < -0.4 is 4.68 Å². The third-order valence-electron chi connectivity index (χ3n) is 1.21. The quantitative estimate of drug-likeness (QED) is 0.541. The molecule has 0 fully saturated rings. The molecule has 0 aliphatic carbocycles. The van der Waals surface area contributed by atoms with Crippen molar-refractivity contribution in [3.05, 3.63) is 12.2 Å². The zero-order valence-corrected chi connectivity index (χ0v) is 6.05. The highest BCUT2D eigenvalue weighted by Gasteiger charge is 2.08. The van der Waals surface area contributed by atoms with Gasteiger partial charge in [-0.25, -0.2) is 0 Å². The predicted molar refractivity (Wildman–Crippen MR) is 33.9 cm³/mol. The third kappa shape index (κ3) is 1.28. The smallest absolute Gasteiger partial charge is 0.191 e. The molecular weight excluding hydrogens is 114 g/mol. The molecule has 9 heavy (non-hydrogen) atoms. The second-order valence-corrected chi connectivity index (χ2v) is 2.51. The second kappa shape index (κ2) is 2.17. The first-order valence-electron chi connectivity index (χ1n) is 3.10. The Morgan fingerprint density at radius 1 is 1.67 bits per heavy atom. The van der Waals surface area contributed by atoms with Crippen molar-refractivity contribution in [3.8, 4) is 0 Å². The molecule has 50 valence electrons. The summed E-state index contributed by atoms with van der Waals surface area (Å²) in [7, 11) is 1.93. The van der Waals surface area contributed by atoms with Gasteiger partial charge in [-0.3, -0.25) is 0 Å². The summed E-state index contributed by atoms with van der Waals surface area (Å²) in [6.07, 6.45) is 1.77. The van der Waals surface area contributed by atoms with Crippen molar-refractivity contribution in [1.29, 1.82) is 0 Å². The van der Waals surface area contributed by atoms with E-state index in [0.29, 0.717) is 5.92 Å². The highest BCUT2D eigenvalue weighted by Crippen LogP contribution is 2.03. The molecule has 1 N–H and O–H groups in total. The maximum absolute atomic E-state index is 4.12. The number of H-pyrrole nitrogens is 1. The van der Waals surface area contributed by atoms with Crippen LogP contribution in [0.3, 0.4) is 0 Å². The van der Waals surface area contributed by atoms with Crippen LogP contribution in [0.1, 0.15) is 25.6 Å². The fourth-order valence-corrected chi connectivity index (χ4v) is 0.665. The molecule has 0 spiro atoms. The molecule has 0 bridgehead atoms. The van der Waals surface area contributed by atoms with Crippen molar-refractivity contribution in [1.82, 2.24) is 10.1 Å². The van der Waals surface area contributed by atoms with E-state index in [1.807, 2.05) is 11.7 Å². The van der Waals surface area contributed by atoms with E-state index in [1.54, 1.807) is 6.33 Å². The Morgan fingerprint density at radius 3 is 2.56 bits per heavy atom. The predicted octanol–water partition coefficient (Wildman–Crippen LogP) is 0.358. The molecular formula is C6H12N3+. The van der Waals surface area contributed by atoms with E-state index in [1.165, 1.54) is 0 Å². The Kier molecular flexibility index (Phi) is 1.51. The van der Waals surface area contributed by atoms with Gasteiger partial charge in [0.25, 0.3) is 5.82 Å². The Labute approximate surface area is 54.7 Å². The molecule has 0 aliphatic rings. The van der Waals surface area contributed by atoms with Crippen LogP contribution in [-0.4, -0.2) is 10.1 Å². The zero-order valence-electron chi connectivity index (χ0n) is 6.05. The van der Waals surface area contributed by atoms with E-state index in [9.17, 15) is 0 Å². The van der Waals surface area contributed by atoms with Crippen molar-refractivity contribution in [3.63, 3.8) is 0 Å². The van der Waals surface area contributed by atoms with Crippen LogP contribution in [0.25, 0.3) is 0 Å². The van der Waals surface area contributed by atoms with Gasteiger partial charge in [0.15, 0.2) is 0 Å². The van der Waals surface area contributed by atoms with Gasteiger partial charge in [0.1, 0.15) is 7.05 Å². The van der Waals surface area contributed by atoms with Crippen molar-refractivity contribution >= 4 is 0 Å². The molecule has 0 unspecified atom stereocenters. The topological polar surface area (TPSA) is 32.6 Å². The zero-order chi connectivity index (χ0) is 6.85. The van der Waals surface area contributed by atoms with E-state index in [0.717, 1.165) is 5.82 Å². The van der Waals surface area contributed by atoms with Crippen molar-refractivity contribution in [2.75, 3.05) is 0 Å². The number of rotatable bonds is 1. The molecule has 0 radical (unpaired) electrons. The lowest BCUT2D eigenvalue weighted by Gasteiger charge is -1.88. The minimum Gasteiger partial charge on any atom is -0.191 e. The molecule has 1 rings (SSSR count). The van der Waals surface area contributed by atoms with Gasteiger partial charge in [0, 0.05) is 5.92 Å². The fourth-order valence-electron chi connectivity index (χ4n) is 0.665. The number of aromatic amines is 1. The third-order valence-corrected chi connectivity index (χ3v) is 1.21. The molecule has 1 aromatic rings. The maximum Gasteiger partial charge on any atom is 0.306 e. The van der Waals surface area contributed by atoms with E-state index in [2.05, 4.69) is 23.9 Å². The van der Waals surface area contributed by atoms with Gasteiger partial charge in [0.05, 0.1) is 0 Å². The van der Waals surface area contributed by atoms with Crippen LogP contribution in [-0.2, 0) is 7.05 Å². The number of hydrogen-bond acceptors (Lipinski definition) is 1. The minimum atomic E-state index is 0.492. The highest BCUT2D eigenvalue weighted by atomic mass is 15.3. The van der Waals surface area contributed by atoms with Crippen LogP contribution >= 0.6 is 0 Å². The maximum atomic E-state index is 4.12. The average molecular weight is 126 g/mol. The molecule has 0 aromatic carbocycles. The van der Waals surface area contributed by atoms with Gasteiger partial charge in [-0.2, -0.15) is 9.78 Å². The number of hydrogen-bond donors (Lipinski definition) is 1. The summed E-state index contributed by atoms with van der Waals surface area (Å²) in [6, 6.07) is 0. The van der Waals surface area contributed by atoms with E-state index >= 15 is 0 Å². The molecule has 3 heteroatoms. The molecule has 0 aliphatic heterocycles. The summed E-state index contributed by atoms with van der Waals surface area (Å²) in [6.45, 7) is 4.22. The Morgan fingerprint density at radius 2 is 2.33 bits per heavy atom. The number of aromatic nitrogens is 3. The standard InChI is InChI=1S/C6H11N3/c1-5(2)6-7-4-9(3)8-6/h4-5H,1-3H3/p+1. The van der Waals surface area contributed by atoms with Crippen LogP contribution in [0.4, 0.5) is 0 Å². The van der Waals surface area contributed by atoms with Crippen LogP contribution in [0.15, 0.2) is 6.33 Å². The van der Waals surface area contributed by atoms with Crippen LogP contribution in [0.5, 0.6) is 0 Å². The molecule has 3 nitrogen and oxygen atoms in total. The van der Waals surface area contributed by atoms with Crippen molar-refractivity contribution in [2.45, 2.75) is 19.8 Å². The first kappa shape index (κ1) is 6.26. The fraction of sp³-hybridized carbons (Fsp3) is 0.667. The summed E-state index contributed by atoms with van der Waals surface area (Å²) < 4.78 is 1.84. The molecule has 0 atom stereocenters. The highest BCUT2D eigenvalue weighted by molar-refractivity contribution is 4.84. The second-order valence-electron chi connectivity index (χ2n) is 2.51. The van der Waals surface area contributed by atoms with Gasteiger partial charge in [-0.05, 0) is 4.98 Å². The molecule has 0 amide bonds. The lowest BCUT2D eigenvalue weighted by molar-refractivity contribution is -0.728. The van der Waals surface area contributed by atoms with Crippen molar-refractivity contribution < 1.29 is 4.68 Å². The lowest BCUT2D eigenvalue weighted by atomic mass is 10.2. The normalized spacial score (nSPS) is 10.7. The van der Waals surface area contributed by atoms with Crippen molar-refractivity contribution in [2.24, 2.45) is 7.05 Å². The van der Waals surface area contributed by atoms with Gasteiger partial charge < -0.3 is 0 Å². The van der Waals surface area contributed by atoms with E-state index < -0.39 is 0 Å². The monoisotopic (exact) mass is 126 g/mol. The van der Waals surface area contributed by atoms with Gasteiger partial charge >= 0.3 is 6.33 Å². The SMILES string of the molecule is CC(C)c1nc[n+](C)[nH]1. The Hall–Kier alpha value is -0.860. The number of nitrogens with one attached hydrogen (secondary N) is 1. The average Bonchev–Trinajstić information content (AvgIpc) is 2.14. The number of aryl methyl sites for hydroxylation is 1. The van der Waals surface area contributed by atoms with E-state index in [4.69, 9.17) is 0 Å². The van der Waals surface area contributed by atoms with Crippen LogP contribution in [0.2, 0.25) is 0 Å². The summed E-state index contributed by atoms with van der Waals surface area (Å²) >= 11 is 0. The largest absolute Gasteiger partial charge is 0.306 e. The van der Waals surface area contributed by atoms with Gasteiger partial charge in [-0.1, -0.05) is 13.8 Å². The first-order valence-corrected chi connectivity index (χ1v) is 3.10. The number of nitrogens with zero attached hydrogens (tertiary/aromatic N) is 2.